The molecule has 0 spiro atoms. The van der Waals surface area contributed by atoms with E-state index in [1.54, 1.807) is 0 Å². The Morgan fingerprint density at radius 2 is 1.95 bits per heavy atom. The first-order valence-corrected chi connectivity index (χ1v) is 7.01. The second-order valence-corrected chi connectivity index (χ2v) is 5.02. The Morgan fingerprint density at radius 1 is 1.16 bits per heavy atom. The number of carbonyl (C=O) groups excluding carboxylic acids is 1. The topological polar surface area (TPSA) is 64.3 Å². The van der Waals surface area contributed by atoms with E-state index in [1.165, 1.54) is 0 Å². The molecule has 0 aliphatic heterocycles. The highest BCUT2D eigenvalue weighted by Crippen LogP contribution is 2.14. The summed E-state index contributed by atoms with van der Waals surface area (Å²) in [6, 6.07) is -0.0148. The summed E-state index contributed by atoms with van der Waals surface area (Å²) in [7, 11) is 0. The van der Waals surface area contributed by atoms with Gasteiger partial charge in [0, 0.05) is 12.1 Å². The van der Waals surface area contributed by atoms with Crippen LogP contribution in [-0.2, 0) is 4.74 Å². The number of hydrogen-bond donors (Lipinski definition) is 2. The molecule has 2 aliphatic carbocycles. The molecule has 104 valence electrons. The Balaban J connectivity index is 1.84. The van der Waals surface area contributed by atoms with Crippen LogP contribution >= 0.6 is 0 Å². The fourth-order valence-electron chi connectivity index (χ4n) is 2.35. The van der Waals surface area contributed by atoms with Crippen molar-refractivity contribution in [1.82, 2.24) is 5.32 Å². The van der Waals surface area contributed by atoms with Crippen molar-refractivity contribution in [3.63, 3.8) is 0 Å². The monoisotopic (exact) mass is 262 g/mol. The van der Waals surface area contributed by atoms with Gasteiger partial charge < -0.3 is 15.8 Å². The second-order valence-electron chi connectivity index (χ2n) is 5.02. The van der Waals surface area contributed by atoms with Gasteiger partial charge >= 0.3 is 6.09 Å². The molecule has 2 atom stereocenters. The van der Waals surface area contributed by atoms with E-state index in [0.717, 1.165) is 38.5 Å². The lowest BCUT2D eigenvalue weighted by Crippen LogP contribution is -2.47. The predicted molar refractivity (Wildman–Crippen MR) is 75.4 cm³/mol. The van der Waals surface area contributed by atoms with Crippen LogP contribution in [0.2, 0.25) is 0 Å². The Labute approximate surface area is 114 Å². The highest BCUT2D eigenvalue weighted by atomic mass is 16.6. The molecule has 2 aliphatic rings. The quantitative estimate of drug-likeness (QED) is 0.752. The van der Waals surface area contributed by atoms with Gasteiger partial charge in [-0.2, -0.15) is 0 Å². The first-order chi connectivity index (χ1) is 9.25. The molecule has 0 aromatic carbocycles. The smallest absolute Gasteiger partial charge is 0.411 e. The highest BCUT2D eigenvalue weighted by molar-refractivity contribution is 5.69. The third-order valence-corrected chi connectivity index (χ3v) is 3.47. The first-order valence-electron chi connectivity index (χ1n) is 7.01. The van der Waals surface area contributed by atoms with Crippen LogP contribution in [-0.4, -0.2) is 18.2 Å². The van der Waals surface area contributed by atoms with E-state index in [2.05, 4.69) is 17.5 Å². The Bertz CT molecular complexity index is 399. The summed E-state index contributed by atoms with van der Waals surface area (Å²) in [6.07, 6.45) is 15.3. The zero-order valence-electron chi connectivity index (χ0n) is 11.2. The van der Waals surface area contributed by atoms with E-state index in [-0.39, 0.29) is 12.1 Å². The molecule has 2 rings (SSSR count). The molecule has 1 amide bonds. The maximum absolute atomic E-state index is 11.8. The van der Waals surface area contributed by atoms with Crippen LogP contribution in [0, 0.1) is 0 Å². The molecule has 0 radical (unpaired) electrons. The van der Waals surface area contributed by atoms with E-state index in [1.807, 2.05) is 18.2 Å². The summed E-state index contributed by atoms with van der Waals surface area (Å²) in [5.74, 6) is 0.628. The number of hydrogen-bond acceptors (Lipinski definition) is 3. The predicted octanol–water partition coefficient (Wildman–Crippen LogP) is 2.77. The lowest BCUT2D eigenvalue weighted by Gasteiger charge is -2.25. The number of alkyl carbamates (subject to hydrolysis) is 1. The SMILES string of the molecule is NC1CCC=CCCC1NC(=O)OC1=CCCC=C1. The molecule has 0 saturated carbocycles. The van der Waals surface area contributed by atoms with Crippen molar-refractivity contribution in [2.24, 2.45) is 5.73 Å². The van der Waals surface area contributed by atoms with Crippen LogP contribution in [0.4, 0.5) is 4.79 Å². The van der Waals surface area contributed by atoms with Gasteiger partial charge in [0.1, 0.15) is 5.76 Å². The minimum Gasteiger partial charge on any atom is -0.411 e. The summed E-state index contributed by atoms with van der Waals surface area (Å²) in [4.78, 5) is 11.8. The standard InChI is InChI=1S/C15H22N2O2/c16-13-10-6-1-2-7-11-14(13)17-15(18)19-12-8-4-3-5-9-12/h1-2,4,8-9,13-14H,3,5-7,10-11,16H2,(H,17,18). The molecule has 0 saturated heterocycles. The van der Waals surface area contributed by atoms with Gasteiger partial charge in [0.25, 0.3) is 0 Å². The molecule has 4 nitrogen and oxygen atoms in total. The maximum atomic E-state index is 11.8. The lowest BCUT2D eigenvalue weighted by molar-refractivity contribution is 0.170. The summed E-state index contributed by atoms with van der Waals surface area (Å²) in [5, 5.41) is 2.89. The van der Waals surface area contributed by atoms with Gasteiger partial charge in [0.15, 0.2) is 0 Å². The molecule has 0 aromatic rings. The molecule has 0 bridgehead atoms. The average Bonchev–Trinajstić information content (AvgIpc) is 2.40. The number of rotatable bonds is 2. The largest absolute Gasteiger partial charge is 0.412 e. The van der Waals surface area contributed by atoms with E-state index < -0.39 is 6.09 Å². The molecule has 0 heterocycles. The Morgan fingerprint density at radius 3 is 2.68 bits per heavy atom. The molecular weight excluding hydrogens is 240 g/mol. The summed E-state index contributed by atoms with van der Waals surface area (Å²) in [5.41, 5.74) is 6.10. The normalized spacial score (nSPS) is 27.1. The molecule has 0 fully saturated rings. The molecule has 4 heteroatoms. The third kappa shape index (κ3) is 4.56. The lowest BCUT2D eigenvalue weighted by atomic mass is 9.96. The van der Waals surface area contributed by atoms with Crippen LogP contribution in [0.3, 0.4) is 0 Å². The molecular formula is C15H22N2O2. The fraction of sp³-hybridized carbons (Fsp3) is 0.533. The summed E-state index contributed by atoms with van der Waals surface area (Å²) >= 11 is 0. The molecule has 0 aromatic heterocycles. The van der Waals surface area contributed by atoms with Crippen molar-refractivity contribution in [3.8, 4) is 0 Å². The van der Waals surface area contributed by atoms with E-state index >= 15 is 0 Å². The van der Waals surface area contributed by atoms with Crippen molar-refractivity contribution < 1.29 is 9.53 Å². The third-order valence-electron chi connectivity index (χ3n) is 3.47. The number of amides is 1. The van der Waals surface area contributed by atoms with Crippen molar-refractivity contribution in [3.05, 3.63) is 36.1 Å². The van der Waals surface area contributed by atoms with Gasteiger partial charge in [0.05, 0.1) is 0 Å². The van der Waals surface area contributed by atoms with Crippen molar-refractivity contribution >= 4 is 6.09 Å². The van der Waals surface area contributed by atoms with Crippen LogP contribution in [0.15, 0.2) is 36.1 Å². The second kappa shape index (κ2) is 7.14. The molecule has 3 N–H and O–H groups in total. The zero-order valence-corrected chi connectivity index (χ0v) is 11.2. The average molecular weight is 262 g/mol. The van der Waals surface area contributed by atoms with Gasteiger partial charge in [-0.15, -0.1) is 0 Å². The van der Waals surface area contributed by atoms with Gasteiger partial charge in [-0.05, 0) is 50.7 Å². The van der Waals surface area contributed by atoms with Crippen LogP contribution in [0.25, 0.3) is 0 Å². The van der Waals surface area contributed by atoms with Crippen molar-refractivity contribution in [1.29, 1.82) is 0 Å². The van der Waals surface area contributed by atoms with Crippen LogP contribution < -0.4 is 11.1 Å². The maximum Gasteiger partial charge on any atom is 0.412 e. The van der Waals surface area contributed by atoms with Crippen molar-refractivity contribution in [2.75, 3.05) is 0 Å². The molecule has 2 unspecified atom stereocenters. The van der Waals surface area contributed by atoms with Gasteiger partial charge in [0.2, 0.25) is 0 Å². The minimum atomic E-state index is -0.400. The zero-order chi connectivity index (χ0) is 13.5. The number of carbonyl (C=O) groups is 1. The summed E-state index contributed by atoms with van der Waals surface area (Å²) < 4.78 is 5.27. The van der Waals surface area contributed by atoms with Gasteiger partial charge in [-0.1, -0.05) is 18.2 Å². The number of allylic oxidation sites excluding steroid dienone is 5. The highest BCUT2D eigenvalue weighted by Gasteiger charge is 2.21. The minimum absolute atomic E-state index is 0.00613. The van der Waals surface area contributed by atoms with E-state index in [9.17, 15) is 4.79 Å². The Hall–Kier alpha value is -1.55. The van der Waals surface area contributed by atoms with E-state index in [4.69, 9.17) is 10.5 Å². The van der Waals surface area contributed by atoms with Gasteiger partial charge in [-0.25, -0.2) is 4.79 Å². The number of nitrogens with two attached hydrogens (primary N) is 1. The van der Waals surface area contributed by atoms with E-state index in [0.29, 0.717) is 5.76 Å². The fourth-order valence-corrected chi connectivity index (χ4v) is 2.35. The molecule has 19 heavy (non-hydrogen) atoms. The number of nitrogens with one attached hydrogen (secondary N) is 1. The van der Waals surface area contributed by atoms with Crippen molar-refractivity contribution in [2.45, 2.75) is 50.6 Å². The number of ether oxygens (including phenoxy) is 1. The van der Waals surface area contributed by atoms with Crippen LogP contribution in [0.5, 0.6) is 0 Å². The first kappa shape index (κ1) is 13.9. The summed E-state index contributed by atoms with van der Waals surface area (Å²) in [6.45, 7) is 0. The van der Waals surface area contributed by atoms with Crippen LogP contribution in [0.1, 0.15) is 38.5 Å². The van der Waals surface area contributed by atoms with Gasteiger partial charge in [-0.3, -0.25) is 0 Å². The Kier molecular flexibility index (Phi) is 5.21.